The van der Waals surface area contributed by atoms with Crippen molar-refractivity contribution in [3.63, 3.8) is 0 Å². The minimum Gasteiger partial charge on any atom is -0.441 e. The van der Waals surface area contributed by atoms with Crippen molar-refractivity contribution in [2.45, 2.75) is 18.6 Å². The van der Waals surface area contributed by atoms with Crippen molar-refractivity contribution in [3.8, 4) is 6.07 Å². The number of carbonyl (C=O) groups excluding carboxylic acids is 2. The summed E-state index contributed by atoms with van der Waals surface area (Å²) in [6.07, 6.45) is 1.23. The molecule has 0 aliphatic carbocycles. The molecule has 2 aliphatic heterocycles. The van der Waals surface area contributed by atoms with Gasteiger partial charge in [-0.05, 0) is 30.7 Å². The van der Waals surface area contributed by atoms with Crippen LogP contribution in [-0.2, 0) is 9.47 Å². The molecule has 0 saturated carbocycles. The van der Waals surface area contributed by atoms with Crippen molar-refractivity contribution in [3.05, 3.63) is 41.8 Å². The molecule has 0 spiro atoms. The first-order chi connectivity index (χ1) is 14.9. The van der Waals surface area contributed by atoms with Crippen LogP contribution in [0.3, 0.4) is 0 Å². The van der Waals surface area contributed by atoms with Gasteiger partial charge in [0.2, 0.25) is 0 Å². The van der Waals surface area contributed by atoms with Crippen molar-refractivity contribution in [1.82, 2.24) is 14.7 Å². The maximum Gasteiger partial charge on any atom is 0.410 e. The van der Waals surface area contributed by atoms with E-state index in [2.05, 4.69) is 16.5 Å². The number of halogens is 1. The Morgan fingerprint density at radius 3 is 2.68 bits per heavy atom. The highest BCUT2D eigenvalue weighted by Crippen LogP contribution is 2.30. The first-order valence-corrected chi connectivity index (χ1v) is 9.79. The molecule has 2 atom stereocenters. The number of amides is 2. The van der Waals surface area contributed by atoms with Gasteiger partial charge in [-0.2, -0.15) is 10.4 Å². The van der Waals surface area contributed by atoms with E-state index in [-0.39, 0.29) is 30.1 Å². The number of rotatable bonds is 5. The van der Waals surface area contributed by atoms with Crippen LogP contribution in [-0.4, -0.2) is 59.1 Å². The number of aromatic nitrogens is 2. The zero-order valence-corrected chi connectivity index (χ0v) is 16.5. The Morgan fingerprint density at radius 1 is 1.32 bits per heavy atom. The first kappa shape index (κ1) is 20.6. The number of anilines is 2. The summed E-state index contributed by atoms with van der Waals surface area (Å²) in [5.41, 5.74) is 6.17. The molecule has 3 N–H and O–H groups in total. The van der Waals surface area contributed by atoms with E-state index < -0.39 is 23.7 Å². The van der Waals surface area contributed by atoms with Gasteiger partial charge in [-0.25, -0.2) is 9.18 Å². The van der Waals surface area contributed by atoms with Gasteiger partial charge in [0.1, 0.15) is 11.4 Å². The van der Waals surface area contributed by atoms with Crippen molar-refractivity contribution < 1.29 is 23.5 Å². The second-order valence-corrected chi connectivity index (χ2v) is 7.45. The van der Waals surface area contributed by atoms with Crippen LogP contribution in [0.25, 0.3) is 0 Å². The Labute approximate surface area is 177 Å². The fourth-order valence-electron chi connectivity index (χ4n) is 3.55. The molecule has 2 aromatic rings. The van der Waals surface area contributed by atoms with E-state index in [4.69, 9.17) is 15.2 Å². The molecular weight excluding hydrogens is 407 g/mol. The number of carbonyl (C=O) groups is 2. The van der Waals surface area contributed by atoms with Crippen molar-refractivity contribution in [2.75, 3.05) is 31.6 Å². The smallest absolute Gasteiger partial charge is 0.410 e. The third-order valence-electron chi connectivity index (χ3n) is 5.32. The molecule has 10 nitrogen and oxygen atoms in total. The predicted octanol–water partition coefficient (Wildman–Crippen LogP) is 1.79. The quantitative estimate of drug-likeness (QED) is 0.741. The van der Waals surface area contributed by atoms with Gasteiger partial charge in [0.15, 0.2) is 11.9 Å². The topological polar surface area (TPSA) is 136 Å². The molecule has 0 unspecified atom stereocenters. The number of primary amides is 1. The third kappa shape index (κ3) is 4.44. The van der Waals surface area contributed by atoms with E-state index in [1.54, 1.807) is 0 Å². The summed E-state index contributed by atoms with van der Waals surface area (Å²) in [7, 11) is 0. The fraction of sp³-hybridized carbons (Fsp3) is 0.400. The number of likely N-dealkylation sites (tertiary alicyclic amines) is 1. The van der Waals surface area contributed by atoms with Crippen LogP contribution in [0, 0.1) is 23.1 Å². The molecule has 2 amide bonds. The average molecular weight is 428 g/mol. The van der Waals surface area contributed by atoms with Crippen LogP contribution in [0.2, 0.25) is 0 Å². The van der Waals surface area contributed by atoms with Gasteiger partial charge < -0.3 is 25.4 Å². The summed E-state index contributed by atoms with van der Waals surface area (Å²) in [5.74, 6) is -1.42. The number of nitrogens with zero attached hydrogens (tertiary/aromatic N) is 4. The van der Waals surface area contributed by atoms with E-state index in [9.17, 15) is 19.2 Å². The molecule has 2 aliphatic rings. The zero-order valence-electron chi connectivity index (χ0n) is 16.5. The lowest BCUT2D eigenvalue weighted by atomic mass is 9.94. The highest BCUT2D eigenvalue weighted by atomic mass is 19.1. The van der Waals surface area contributed by atoms with Gasteiger partial charge in [0.05, 0.1) is 31.2 Å². The lowest BCUT2D eigenvalue weighted by molar-refractivity contribution is -0.106. The van der Waals surface area contributed by atoms with Gasteiger partial charge >= 0.3 is 6.09 Å². The first-order valence-electron chi connectivity index (χ1n) is 9.79. The number of ether oxygens (including phenoxy) is 2. The second kappa shape index (κ2) is 8.61. The molecule has 3 heterocycles. The maximum absolute atomic E-state index is 13.1. The largest absolute Gasteiger partial charge is 0.441 e. The van der Waals surface area contributed by atoms with Gasteiger partial charge in [-0.3, -0.25) is 9.48 Å². The number of hydrogen-bond donors (Lipinski definition) is 2. The predicted molar refractivity (Wildman–Crippen MR) is 106 cm³/mol. The number of nitrogens with one attached hydrogen (secondary N) is 1. The Kier molecular flexibility index (Phi) is 5.73. The third-order valence-corrected chi connectivity index (χ3v) is 5.32. The summed E-state index contributed by atoms with van der Waals surface area (Å²) in [5, 5.41) is 17.1. The molecule has 2 fully saturated rings. The van der Waals surface area contributed by atoms with Gasteiger partial charge in [-0.15, -0.1) is 0 Å². The molecule has 31 heavy (non-hydrogen) atoms. The van der Waals surface area contributed by atoms with Gasteiger partial charge in [0, 0.05) is 25.0 Å². The highest BCUT2D eigenvalue weighted by Gasteiger charge is 2.36. The molecule has 2 saturated heterocycles. The fourth-order valence-corrected chi connectivity index (χ4v) is 3.55. The average Bonchev–Trinajstić information content (AvgIpc) is 3.15. The van der Waals surface area contributed by atoms with E-state index in [0.29, 0.717) is 31.9 Å². The SMILES string of the molecule is N#C[C@H]1CN(C(=O)OC2COC2)CC[C@H]1n1cc(C(N)=O)c(Nc2ccc(F)cc2)n1. The minimum absolute atomic E-state index is 0.146. The minimum atomic E-state index is -0.687. The van der Waals surface area contributed by atoms with Gasteiger partial charge in [-0.1, -0.05) is 0 Å². The molecule has 1 aromatic carbocycles. The zero-order chi connectivity index (χ0) is 22.0. The van der Waals surface area contributed by atoms with Crippen molar-refractivity contribution in [1.29, 1.82) is 5.26 Å². The van der Waals surface area contributed by atoms with Crippen LogP contribution in [0.1, 0.15) is 22.8 Å². The second-order valence-electron chi connectivity index (χ2n) is 7.45. The summed E-state index contributed by atoms with van der Waals surface area (Å²) >= 11 is 0. The van der Waals surface area contributed by atoms with Crippen molar-refractivity contribution in [2.24, 2.45) is 11.7 Å². The van der Waals surface area contributed by atoms with E-state index in [1.807, 2.05) is 0 Å². The number of hydrogen-bond acceptors (Lipinski definition) is 7. The summed E-state index contributed by atoms with van der Waals surface area (Å²) in [6, 6.07) is 7.43. The van der Waals surface area contributed by atoms with E-state index >= 15 is 0 Å². The van der Waals surface area contributed by atoms with Crippen LogP contribution in [0.4, 0.5) is 20.7 Å². The maximum atomic E-state index is 13.1. The Bertz CT molecular complexity index is 1010. The lowest BCUT2D eigenvalue weighted by Gasteiger charge is -2.36. The number of nitrogens with two attached hydrogens (primary N) is 1. The Hall–Kier alpha value is -3.65. The number of benzene rings is 1. The lowest BCUT2D eigenvalue weighted by Crippen LogP contribution is -2.47. The van der Waals surface area contributed by atoms with Crippen LogP contribution in [0.5, 0.6) is 0 Å². The standard InChI is InChI=1S/C20H21FN6O4/c21-13-1-3-14(4-2-13)24-19-16(18(23)28)9-27(25-19)17-5-6-26(8-12(17)7-22)20(29)31-15-10-30-11-15/h1-4,9,12,15,17H,5-6,8,10-11H2,(H2,23,28)(H,24,25)/t12-,17+/m0/s1. The molecule has 4 rings (SSSR count). The van der Waals surface area contributed by atoms with Gasteiger partial charge in [0.25, 0.3) is 5.91 Å². The van der Waals surface area contributed by atoms with Crippen LogP contribution < -0.4 is 11.1 Å². The molecule has 11 heteroatoms. The normalized spacial score (nSPS) is 21.1. The van der Waals surface area contributed by atoms with E-state index in [0.717, 1.165) is 0 Å². The highest BCUT2D eigenvalue weighted by molar-refractivity contribution is 5.98. The summed E-state index contributed by atoms with van der Waals surface area (Å²) in [4.78, 5) is 25.7. The van der Waals surface area contributed by atoms with Crippen molar-refractivity contribution >= 4 is 23.5 Å². The molecule has 0 radical (unpaired) electrons. The molecule has 162 valence electrons. The van der Waals surface area contributed by atoms with Crippen LogP contribution >= 0.6 is 0 Å². The van der Waals surface area contributed by atoms with Crippen LogP contribution in [0.15, 0.2) is 30.5 Å². The van der Waals surface area contributed by atoms with E-state index in [1.165, 1.54) is 40.0 Å². The number of piperidine rings is 1. The summed E-state index contributed by atoms with van der Waals surface area (Å²) < 4.78 is 25.0. The molecule has 0 bridgehead atoms. The Balaban J connectivity index is 1.50. The molecule has 1 aromatic heterocycles. The monoisotopic (exact) mass is 428 g/mol. The number of nitriles is 1. The molecular formula is C20H21FN6O4. The summed E-state index contributed by atoms with van der Waals surface area (Å²) in [6.45, 7) is 1.33. The Morgan fingerprint density at radius 2 is 2.06 bits per heavy atom.